The maximum Gasteiger partial charge on any atom is 1.00 e. The van der Waals surface area contributed by atoms with Gasteiger partial charge in [-0.25, -0.2) is 0 Å². The third kappa shape index (κ3) is 3.50. The summed E-state index contributed by atoms with van der Waals surface area (Å²) in [5.74, 6) is -1.18. The molecular formula is C6H10KNO3. The van der Waals surface area contributed by atoms with Crippen molar-refractivity contribution in [2.24, 2.45) is 0 Å². The number of hydrogen-bond donors (Lipinski definition) is 1. The standard InChI is InChI=1S/C6H11NO3.K/c8-6(9)5-3-1-2-4-7(5)10;/h5,10H,1-4H2,(H,8,9);/q;+1/p-1. The molecule has 0 radical (unpaired) electrons. The van der Waals surface area contributed by atoms with Crippen molar-refractivity contribution < 1.29 is 66.5 Å². The van der Waals surface area contributed by atoms with Crippen LogP contribution >= 0.6 is 0 Å². The van der Waals surface area contributed by atoms with Gasteiger partial charge in [0.1, 0.15) is 0 Å². The van der Waals surface area contributed by atoms with Crippen LogP contribution in [0.5, 0.6) is 0 Å². The quantitative estimate of drug-likeness (QED) is 0.421. The fourth-order valence-electron chi connectivity index (χ4n) is 1.16. The number of piperidine rings is 1. The maximum absolute atomic E-state index is 10.3. The van der Waals surface area contributed by atoms with Crippen LogP contribution in [0.1, 0.15) is 19.3 Å². The van der Waals surface area contributed by atoms with Crippen LogP contribution in [0.15, 0.2) is 0 Å². The second-order valence-corrected chi connectivity index (χ2v) is 2.49. The van der Waals surface area contributed by atoms with Gasteiger partial charge in [-0.15, -0.1) is 0 Å². The summed E-state index contributed by atoms with van der Waals surface area (Å²) in [6, 6.07) is -0.784. The number of carboxylic acids is 1. The van der Waals surface area contributed by atoms with Crippen molar-refractivity contribution in [3.05, 3.63) is 0 Å². The van der Waals surface area contributed by atoms with Gasteiger partial charge in [-0.05, 0) is 12.8 Å². The molecule has 5 heteroatoms. The Balaban J connectivity index is 0.000001000. The van der Waals surface area contributed by atoms with E-state index in [1.807, 2.05) is 0 Å². The molecule has 1 rings (SSSR count). The minimum Gasteiger partial charge on any atom is -0.548 e. The van der Waals surface area contributed by atoms with Gasteiger partial charge in [-0.3, -0.25) is 0 Å². The summed E-state index contributed by atoms with van der Waals surface area (Å²) in [7, 11) is 0. The average molecular weight is 183 g/mol. The average Bonchev–Trinajstić information content (AvgIpc) is 1.88. The summed E-state index contributed by atoms with van der Waals surface area (Å²) < 4.78 is 0. The Morgan fingerprint density at radius 1 is 1.55 bits per heavy atom. The van der Waals surface area contributed by atoms with E-state index in [9.17, 15) is 9.90 Å². The molecule has 0 bridgehead atoms. The van der Waals surface area contributed by atoms with Crippen molar-refractivity contribution in [2.75, 3.05) is 6.54 Å². The van der Waals surface area contributed by atoms with Gasteiger partial charge in [0, 0.05) is 6.54 Å². The van der Waals surface area contributed by atoms with Gasteiger partial charge in [0.15, 0.2) is 0 Å². The molecule has 0 spiro atoms. The fourth-order valence-corrected chi connectivity index (χ4v) is 1.16. The zero-order chi connectivity index (χ0) is 7.56. The first-order chi connectivity index (χ1) is 4.72. The number of aliphatic carboxylic acids is 1. The summed E-state index contributed by atoms with van der Waals surface area (Å²) in [6.07, 6.45) is 2.22. The van der Waals surface area contributed by atoms with E-state index in [0.717, 1.165) is 17.9 Å². The van der Waals surface area contributed by atoms with E-state index in [1.54, 1.807) is 0 Å². The second kappa shape index (κ2) is 5.63. The summed E-state index contributed by atoms with van der Waals surface area (Å²) >= 11 is 0. The fraction of sp³-hybridized carbons (Fsp3) is 0.833. The maximum atomic E-state index is 10.3. The van der Waals surface area contributed by atoms with E-state index in [4.69, 9.17) is 5.21 Å². The van der Waals surface area contributed by atoms with E-state index in [-0.39, 0.29) is 51.4 Å². The third-order valence-corrected chi connectivity index (χ3v) is 1.75. The smallest absolute Gasteiger partial charge is 0.548 e. The number of rotatable bonds is 1. The van der Waals surface area contributed by atoms with Crippen LogP contribution in [-0.2, 0) is 4.79 Å². The second-order valence-electron chi connectivity index (χ2n) is 2.49. The van der Waals surface area contributed by atoms with Crippen LogP contribution in [-0.4, -0.2) is 28.8 Å². The summed E-state index contributed by atoms with van der Waals surface area (Å²) in [6.45, 7) is 0.443. The molecule has 4 nitrogen and oxygen atoms in total. The Hall–Kier alpha value is 1.03. The molecule has 1 saturated heterocycles. The molecule has 1 fully saturated rings. The summed E-state index contributed by atoms with van der Waals surface area (Å²) in [5, 5.41) is 20.0. The Labute approximate surface area is 108 Å². The molecule has 0 amide bonds. The van der Waals surface area contributed by atoms with Gasteiger partial charge in [-0.2, -0.15) is 5.06 Å². The number of nitrogens with zero attached hydrogens (tertiary/aromatic N) is 1. The molecule has 1 heterocycles. The molecular weight excluding hydrogens is 173 g/mol. The van der Waals surface area contributed by atoms with E-state index < -0.39 is 12.0 Å². The van der Waals surface area contributed by atoms with E-state index in [2.05, 4.69) is 0 Å². The van der Waals surface area contributed by atoms with Crippen molar-refractivity contribution in [1.29, 1.82) is 0 Å². The number of carbonyl (C=O) groups is 1. The van der Waals surface area contributed by atoms with Crippen molar-refractivity contribution >= 4 is 5.97 Å². The topological polar surface area (TPSA) is 63.6 Å². The van der Waals surface area contributed by atoms with Crippen LogP contribution in [0, 0.1) is 0 Å². The minimum atomic E-state index is -1.18. The predicted octanol–water partition coefficient (Wildman–Crippen LogP) is -4.02. The van der Waals surface area contributed by atoms with Gasteiger partial charge >= 0.3 is 51.4 Å². The predicted molar refractivity (Wildman–Crippen MR) is 31.1 cm³/mol. The molecule has 0 saturated carbocycles. The van der Waals surface area contributed by atoms with Crippen LogP contribution in [0.4, 0.5) is 0 Å². The van der Waals surface area contributed by atoms with Gasteiger partial charge in [0.25, 0.3) is 0 Å². The Kier molecular flexibility index (Phi) is 6.16. The van der Waals surface area contributed by atoms with Crippen LogP contribution in [0.3, 0.4) is 0 Å². The first-order valence-corrected chi connectivity index (χ1v) is 3.38. The third-order valence-electron chi connectivity index (χ3n) is 1.75. The molecule has 0 aromatic rings. The van der Waals surface area contributed by atoms with Crippen molar-refractivity contribution in [2.45, 2.75) is 25.3 Å². The molecule has 11 heavy (non-hydrogen) atoms. The zero-order valence-corrected chi connectivity index (χ0v) is 9.74. The number of hydroxylamine groups is 2. The van der Waals surface area contributed by atoms with Gasteiger partial charge in [-0.1, -0.05) is 6.42 Å². The Morgan fingerprint density at radius 3 is 2.55 bits per heavy atom. The normalized spacial score (nSPS) is 25.7. The number of carboxylic acid groups (broad SMARTS) is 1. The summed E-state index contributed by atoms with van der Waals surface area (Å²) in [5.41, 5.74) is 0. The molecule has 0 aliphatic carbocycles. The van der Waals surface area contributed by atoms with Crippen LogP contribution in [0.25, 0.3) is 0 Å². The zero-order valence-electron chi connectivity index (χ0n) is 6.62. The molecule has 1 aliphatic rings. The van der Waals surface area contributed by atoms with Crippen molar-refractivity contribution in [3.8, 4) is 0 Å². The molecule has 0 aromatic heterocycles. The molecule has 1 unspecified atom stereocenters. The molecule has 1 N–H and O–H groups in total. The van der Waals surface area contributed by atoms with E-state index in [0.29, 0.717) is 13.0 Å². The van der Waals surface area contributed by atoms with Crippen LogP contribution in [0.2, 0.25) is 0 Å². The summed E-state index contributed by atoms with van der Waals surface area (Å²) in [4.78, 5) is 10.3. The van der Waals surface area contributed by atoms with E-state index in [1.165, 1.54) is 0 Å². The van der Waals surface area contributed by atoms with Crippen molar-refractivity contribution in [1.82, 2.24) is 5.06 Å². The SMILES string of the molecule is O=C([O-])C1CCCCN1O.[K+]. The van der Waals surface area contributed by atoms with Crippen LogP contribution < -0.4 is 56.5 Å². The molecule has 0 aromatic carbocycles. The first-order valence-electron chi connectivity index (χ1n) is 3.38. The largest absolute Gasteiger partial charge is 1.00 e. The van der Waals surface area contributed by atoms with Gasteiger partial charge < -0.3 is 15.1 Å². The number of hydrogen-bond acceptors (Lipinski definition) is 4. The first kappa shape index (κ1) is 12.0. The Morgan fingerprint density at radius 2 is 2.18 bits per heavy atom. The van der Waals surface area contributed by atoms with Crippen molar-refractivity contribution in [3.63, 3.8) is 0 Å². The van der Waals surface area contributed by atoms with Gasteiger partial charge in [0.2, 0.25) is 0 Å². The molecule has 1 atom stereocenters. The number of carbonyl (C=O) groups excluding carboxylic acids is 1. The van der Waals surface area contributed by atoms with E-state index >= 15 is 0 Å². The Bertz CT molecular complexity index is 142. The monoisotopic (exact) mass is 183 g/mol. The molecule has 58 valence electrons. The molecule has 1 aliphatic heterocycles. The van der Waals surface area contributed by atoms with Gasteiger partial charge in [0.05, 0.1) is 12.0 Å². The minimum absolute atomic E-state index is 0.